The number of ether oxygens (including phenoxy) is 3. The SMILES string of the molecule is COC(=O)c1ccccc1NC(=O)Cc1ccc2c(c1)OCCCO2. The van der Waals surface area contributed by atoms with Crippen LogP contribution in [0.15, 0.2) is 42.5 Å². The van der Waals surface area contributed by atoms with Crippen molar-refractivity contribution in [2.75, 3.05) is 25.6 Å². The Morgan fingerprint density at radius 1 is 1.08 bits per heavy atom. The molecule has 0 spiro atoms. The zero-order valence-electron chi connectivity index (χ0n) is 13.9. The van der Waals surface area contributed by atoms with E-state index in [0.717, 1.165) is 12.0 Å². The number of hydrogen-bond donors (Lipinski definition) is 1. The van der Waals surface area contributed by atoms with Crippen molar-refractivity contribution in [1.82, 2.24) is 0 Å². The van der Waals surface area contributed by atoms with Crippen LogP contribution in [0.3, 0.4) is 0 Å². The van der Waals surface area contributed by atoms with Gasteiger partial charge >= 0.3 is 5.97 Å². The van der Waals surface area contributed by atoms with Crippen LogP contribution in [0.2, 0.25) is 0 Å². The second-order valence-electron chi connectivity index (χ2n) is 5.59. The van der Waals surface area contributed by atoms with Gasteiger partial charge in [0.15, 0.2) is 11.5 Å². The minimum atomic E-state index is -0.494. The third-order valence-corrected chi connectivity index (χ3v) is 3.78. The average Bonchev–Trinajstić information content (AvgIpc) is 2.86. The third-order valence-electron chi connectivity index (χ3n) is 3.78. The Morgan fingerprint density at radius 2 is 1.84 bits per heavy atom. The summed E-state index contributed by atoms with van der Waals surface area (Å²) in [5, 5.41) is 2.75. The summed E-state index contributed by atoms with van der Waals surface area (Å²) < 4.78 is 15.9. The maximum Gasteiger partial charge on any atom is 0.339 e. The summed E-state index contributed by atoms with van der Waals surface area (Å²) in [6, 6.07) is 12.2. The molecule has 25 heavy (non-hydrogen) atoms. The molecule has 0 saturated carbocycles. The molecule has 2 aromatic carbocycles. The number of carbonyl (C=O) groups is 2. The number of amides is 1. The molecular weight excluding hydrogens is 322 g/mol. The van der Waals surface area contributed by atoms with Gasteiger partial charge in [-0.05, 0) is 29.8 Å². The standard InChI is InChI=1S/C19H19NO5/c1-23-19(22)14-5-2-3-6-15(14)20-18(21)12-13-7-8-16-17(11-13)25-10-4-9-24-16/h2-3,5-8,11H,4,9-10,12H2,1H3,(H,20,21). The van der Waals surface area contributed by atoms with Crippen molar-refractivity contribution in [3.63, 3.8) is 0 Å². The van der Waals surface area contributed by atoms with Crippen molar-refractivity contribution in [2.24, 2.45) is 0 Å². The van der Waals surface area contributed by atoms with Gasteiger partial charge in [-0.25, -0.2) is 4.79 Å². The summed E-state index contributed by atoms with van der Waals surface area (Å²) in [5.74, 6) is 0.618. The summed E-state index contributed by atoms with van der Waals surface area (Å²) in [4.78, 5) is 24.1. The van der Waals surface area contributed by atoms with Crippen LogP contribution >= 0.6 is 0 Å². The quantitative estimate of drug-likeness (QED) is 0.866. The van der Waals surface area contributed by atoms with Crippen LogP contribution in [0.25, 0.3) is 0 Å². The Kier molecular flexibility index (Phi) is 5.18. The molecule has 0 saturated heterocycles. The lowest BCUT2D eigenvalue weighted by Crippen LogP contribution is -2.17. The van der Waals surface area contributed by atoms with Gasteiger partial charge in [-0.1, -0.05) is 18.2 Å². The van der Waals surface area contributed by atoms with Crippen LogP contribution in [-0.2, 0) is 16.0 Å². The first-order valence-corrected chi connectivity index (χ1v) is 8.03. The van der Waals surface area contributed by atoms with Crippen LogP contribution in [0, 0.1) is 0 Å². The third kappa shape index (κ3) is 4.09. The van der Waals surface area contributed by atoms with Gasteiger partial charge in [0.2, 0.25) is 5.91 Å². The van der Waals surface area contributed by atoms with Gasteiger partial charge in [-0.2, -0.15) is 0 Å². The van der Waals surface area contributed by atoms with Gasteiger partial charge in [0.05, 0.1) is 38.0 Å². The molecule has 0 bridgehead atoms. The number of methoxy groups -OCH3 is 1. The molecule has 0 radical (unpaired) electrons. The molecule has 0 atom stereocenters. The first kappa shape index (κ1) is 16.8. The average molecular weight is 341 g/mol. The van der Waals surface area contributed by atoms with E-state index in [2.05, 4.69) is 5.32 Å². The number of fused-ring (bicyclic) bond motifs is 1. The molecule has 130 valence electrons. The smallest absolute Gasteiger partial charge is 0.339 e. The maximum absolute atomic E-state index is 12.3. The highest BCUT2D eigenvalue weighted by Crippen LogP contribution is 2.30. The fourth-order valence-corrected chi connectivity index (χ4v) is 2.58. The van der Waals surface area contributed by atoms with Gasteiger partial charge in [0.25, 0.3) is 0 Å². The lowest BCUT2D eigenvalue weighted by atomic mass is 10.1. The summed E-state index contributed by atoms with van der Waals surface area (Å²) in [5.41, 5.74) is 1.54. The Labute approximate surface area is 145 Å². The summed E-state index contributed by atoms with van der Waals surface area (Å²) in [6.07, 6.45) is 0.987. The van der Waals surface area contributed by atoms with Gasteiger partial charge < -0.3 is 19.5 Å². The Bertz CT molecular complexity index is 787. The van der Waals surface area contributed by atoms with Crippen molar-refractivity contribution in [1.29, 1.82) is 0 Å². The Balaban J connectivity index is 1.71. The van der Waals surface area contributed by atoms with E-state index < -0.39 is 5.97 Å². The first-order chi connectivity index (χ1) is 12.2. The van der Waals surface area contributed by atoms with E-state index >= 15 is 0 Å². The highest BCUT2D eigenvalue weighted by atomic mass is 16.5. The lowest BCUT2D eigenvalue weighted by molar-refractivity contribution is -0.115. The molecule has 1 heterocycles. The first-order valence-electron chi connectivity index (χ1n) is 8.03. The number of carbonyl (C=O) groups excluding carboxylic acids is 2. The predicted molar refractivity (Wildman–Crippen MR) is 92.2 cm³/mol. The largest absolute Gasteiger partial charge is 0.490 e. The summed E-state index contributed by atoms with van der Waals surface area (Å²) in [7, 11) is 1.30. The number of rotatable bonds is 4. The molecule has 2 aromatic rings. The second kappa shape index (κ2) is 7.70. The van der Waals surface area contributed by atoms with E-state index in [9.17, 15) is 9.59 Å². The van der Waals surface area contributed by atoms with E-state index in [0.29, 0.717) is 36.0 Å². The van der Waals surface area contributed by atoms with E-state index in [4.69, 9.17) is 14.2 Å². The van der Waals surface area contributed by atoms with Crippen molar-refractivity contribution in [3.05, 3.63) is 53.6 Å². The van der Waals surface area contributed by atoms with Crippen LogP contribution in [0.5, 0.6) is 11.5 Å². The molecule has 0 aliphatic carbocycles. The molecule has 0 aromatic heterocycles. The molecule has 6 heteroatoms. The molecular formula is C19H19NO5. The van der Waals surface area contributed by atoms with Crippen LogP contribution in [0.1, 0.15) is 22.3 Å². The van der Waals surface area contributed by atoms with Crippen molar-refractivity contribution in [2.45, 2.75) is 12.8 Å². The fourth-order valence-electron chi connectivity index (χ4n) is 2.58. The Hall–Kier alpha value is -3.02. The molecule has 1 aliphatic heterocycles. The molecule has 1 N–H and O–H groups in total. The number of esters is 1. The van der Waals surface area contributed by atoms with Gasteiger partial charge in [0.1, 0.15) is 0 Å². The molecule has 1 aliphatic rings. The van der Waals surface area contributed by atoms with Crippen LogP contribution in [-0.4, -0.2) is 32.2 Å². The number of nitrogens with one attached hydrogen (secondary N) is 1. The van der Waals surface area contributed by atoms with Gasteiger partial charge in [-0.3, -0.25) is 4.79 Å². The predicted octanol–water partition coefficient (Wildman–Crippen LogP) is 2.82. The number of para-hydroxylation sites is 1. The zero-order chi connectivity index (χ0) is 17.6. The minimum Gasteiger partial charge on any atom is -0.490 e. The minimum absolute atomic E-state index is 0.159. The van der Waals surface area contributed by atoms with Crippen molar-refractivity contribution < 1.29 is 23.8 Å². The molecule has 1 amide bonds. The normalized spacial score (nSPS) is 12.8. The summed E-state index contributed by atoms with van der Waals surface area (Å²) >= 11 is 0. The van der Waals surface area contributed by atoms with Crippen LogP contribution in [0.4, 0.5) is 5.69 Å². The molecule has 6 nitrogen and oxygen atoms in total. The Morgan fingerprint density at radius 3 is 2.64 bits per heavy atom. The molecule has 3 rings (SSSR count). The number of benzene rings is 2. The van der Waals surface area contributed by atoms with E-state index in [1.54, 1.807) is 24.3 Å². The second-order valence-corrected chi connectivity index (χ2v) is 5.59. The van der Waals surface area contributed by atoms with E-state index in [-0.39, 0.29) is 12.3 Å². The fraction of sp³-hybridized carbons (Fsp3) is 0.263. The van der Waals surface area contributed by atoms with Gasteiger partial charge in [-0.15, -0.1) is 0 Å². The van der Waals surface area contributed by atoms with Crippen LogP contribution < -0.4 is 14.8 Å². The maximum atomic E-state index is 12.3. The van der Waals surface area contributed by atoms with E-state index in [1.165, 1.54) is 7.11 Å². The molecule has 0 unspecified atom stereocenters. The summed E-state index contributed by atoms with van der Waals surface area (Å²) in [6.45, 7) is 1.21. The zero-order valence-corrected chi connectivity index (χ0v) is 13.9. The lowest BCUT2D eigenvalue weighted by Gasteiger charge is -2.11. The van der Waals surface area contributed by atoms with E-state index in [1.807, 2.05) is 18.2 Å². The topological polar surface area (TPSA) is 73.9 Å². The number of hydrogen-bond acceptors (Lipinski definition) is 5. The highest BCUT2D eigenvalue weighted by molar-refractivity contribution is 6.01. The monoisotopic (exact) mass is 341 g/mol. The van der Waals surface area contributed by atoms with Gasteiger partial charge in [0, 0.05) is 6.42 Å². The molecule has 0 fully saturated rings. The number of anilines is 1. The van der Waals surface area contributed by atoms with Crippen molar-refractivity contribution in [3.8, 4) is 11.5 Å². The van der Waals surface area contributed by atoms with Crippen molar-refractivity contribution >= 4 is 17.6 Å². The highest BCUT2D eigenvalue weighted by Gasteiger charge is 2.15.